The summed E-state index contributed by atoms with van der Waals surface area (Å²) < 4.78 is 0. The van der Waals surface area contributed by atoms with Gasteiger partial charge >= 0.3 is 0 Å². The van der Waals surface area contributed by atoms with E-state index in [1.165, 1.54) is 0 Å². The molecule has 1 heterocycles. The maximum atomic E-state index is 9.53. The molecule has 3 heteroatoms. The lowest BCUT2D eigenvalue weighted by molar-refractivity contribution is 0.172. The second-order valence-corrected chi connectivity index (χ2v) is 4.04. The zero-order valence-corrected chi connectivity index (χ0v) is 7.68. The lowest BCUT2D eigenvalue weighted by Crippen LogP contribution is -2.27. The van der Waals surface area contributed by atoms with Crippen LogP contribution in [0.3, 0.4) is 0 Å². The molecule has 1 aliphatic rings. The molecule has 1 saturated carbocycles. The summed E-state index contributed by atoms with van der Waals surface area (Å²) in [5.74, 6) is 0. The minimum absolute atomic E-state index is 0.148. The zero-order chi connectivity index (χ0) is 8.39. The van der Waals surface area contributed by atoms with Crippen molar-refractivity contribution in [3.8, 4) is 0 Å². The SMILES string of the molecule is O[C@H]1CCC[C@@H]1Nc1ccsc1. The number of hydrogen-bond acceptors (Lipinski definition) is 3. The van der Waals surface area contributed by atoms with Crippen molar-refractivity contribution in [2.24, 2.45) is 0 Å². The van der Waals surface area contributed by atoms with Crippen LogP contribution >= 0.6 is 11.3 Å². The van der Waals surface area contributed by atoms with Crippen molar-refractivity contribution in [2.45, 2.75) is 31.4 Å². The van der Waals surface area contributed by atoms with Crippen molar-refractivity contribution >= 4 is 17.0 Å². The quantitative estimate of drug-likeness (QED) is 0.735. The van der Waals surface area contributed by atoms with Crippen LogP contribution < -0.4 is 5.32 Å². The molecule has 2 atom stereocenters. The summed E-state index contributed by atoms with van der Waals surface area (Å²) in [6.45, 7) is 0. The predicted molar refractivity (Wildman–Crippen MR) is 51.6 cm³/mol. The van der Waals surface area contributed by atoms with E-state index in [0.29, 0.717) is 0 Å². The molecule has 0 radical (unpaired) electrons. The molecule has 0 unspecified atom stereocenters. The van der Waals surface area contributed by atoms with Gasteiger partial charge in [-0.1, -0.05) is 0 Å². The number of aliphatic hydroxyl groups excluding tert-OH is 1. The van der Waals surface area contributed by atoms with E-state index in [1.807, 2.05) is 5.38 Å². The third-order valence-electron chi connectivity index (χ3n) is 2.35. The van der Waals surface area contributed by atoms with Crippen LogP contribution in [0, 0.1) is 0 Å². The molecule has 1 aliphatic carbocycles. The van der Waals surface area contributed by atoms with E-state index in [2.05, 4.69) is 16.8 Å². The van der Waals surface area contributed by atoms with Gasteiger partial charge in [-0.15, -0.1) is 0 Å². The maximum absolute atomic E-state index is 9.53. The molecule has 1 aromatic heterocycles. The first-order chi connectivity index (χ1) is 5.86. The molecule has 1 fully saturated rings. The molecule has 12 heavy (non-hydrogen) atoms. The van der Waals surface area contributed by atoms with Gasteiger partial charge in [0.1, 0.15) is 0 Å². The van der Waals surface area contributed by atoms with Crippen LogP contribution in [0.15, 0.2) is 16.8 Å². The Morgan fingerprint density at radius 2 is 2.42 bits per heavy atom. The van der Waals surface area contributed by atoms with Crippen molar-refractivity contribution in [3.63, 3.8) is 0 Å². The lowest BCUT2D eigenvalue weighted by Gasteiger charge is -2.16. The minimum Gasteiger partial charge on any atom is -0.391 e. The van der Waals surface area contributed by atoms with Crippen LogP contribution in [0.1, 0.15) is 19.3 Å². The Labute approximate surface area is 76.2 Å². The number of nitrogens with one attached hydrogen (secondary N) is 1. The third-order valence-corrected chi connectivity index (χ3v) is 3.04. The lowest BCUT2D eigenvalue weighted by atomic mass is 10.2. The molecule has 0 spiro atoms. The minimum atomic E-state index is -0.148. The van der Waals surface area contributed by atoms with Gasteiger partial charge in [0.05, 0.1) is 12.1 Å². The predicted octanol–water partition coefficient (Wildman–Crippen LogP) is 2.07. The van der Waals surface area contributed by atoms with Gasteiger partial charge in [0, 0.05) is 11.1 Å². The highest BCUT2D eigenvalue weighted by Gasteiger charge is 2.24. The summed E-state index contributed by atoms with van der Waals surface area (Å²) in [4.78, 5) is 0. The Morgan fingerprint density at radius 1 is 1.50 bits per heavy atom. The van der Waals surface area contributed by atoms with Crippen LogP contribution in [0.25, 0.3) is 0 Å². The molecule has 66 valence electrons. The summed E-state index contributed by atoms with van der Waals surface area (Å²) in [6, 6.07) is 2.33. The van der Waals surface area contributed by atoms with E-state index in [9.17, 15) is 5.11 Å². The van der Waals surface area contributed by atoms with Crippen molar-refractivity contribution in [1.29, 1.82) is 0 Å². The monoisotopic (exact) mass is 183 g/mol. The van der Waals surface area contributed by atoms with Crippen LogP contribution in [0.4, 0.5) is 5.69 Å². The van der Waals surface area contributed by atoms with Crippen LogP contribution in [0.5, 0.6) is 0 Å². The molecule has 1 aromatic rings. The van der Waals surface area contributed by atoms with E-state index in [4.69, 9.17) is 0 Å². The van der Waals surface area contributed by atoms with Crippen molar-refractivity contribution in [1.82, 2.24) is 0 Å². The summed E-state index contributed by atoms with van der Waals surface area (Å²) in [5, 5.41) is 17.0. The molecule has 0 bridgehead atoms. The zero-order valence-electron chi connectivity index (χ0n) is 6.86. The highest BCUT2D eigenvalue weighted by Crippen LogP contribution is 2.23. The van der Waals surface area contributed by atoms with Gasteiger partial charge in [-0.3, -0.25) is 0 Å². The second kappa shape index (κ2) is 3.46. The van der Waals surface area contributed by atoms with E-state index in [1.54, 1.807) is 11.3 Å². The Morgan fingerprint density at radius 3 is 3.00 bits per heavy atom. The van der Waals surface area contributed by atoms with E-state index >= 15 is 0 Å². The van der Waals surface area contributed by atoms with Crippen molar-refractivity contribution in [3.05, 3.63) is 16.8 Å². The smallest absolute Gasteiger partial charge is 0.0741 e. The first-order valence-electron chi connectivity index (χ1n) is 4.33. The Hall–Kier alpha value is -0.540. The Kier molecular flexibility index (Phi) is 2.33. The maximum Gasteiger partial charge on any atom is 0.0741 e. The molecule has 2 nitrogen and oxygen atoms in total. The summed E-state index contributed by atoms with van der Waals surface area (Å²) in [6.07, 6.45) is 3.03. The van der Waals surface area contributed by atoms with Gasteiger partial charge in [0.25, 0.3) is 0 Å². The molecule has 2 N–H and O–H groups in total. The number of thiophene rings is 1. The fourth-order valence-electron chi connectivity index (χ4n) is 1.67. The van der Waals surface area contributed by atoms with E-state index in [0.717, 1.165) is 24.9 Å². The number of anilines is 1. The van der Waals surface area contributed by atoms with Gasteiger partial charge in [-0.05, 0) is 30.7 Å². The highest BCUT2D eigenvalue weighted by molar-refractivity contribution is 7.08. The molecule has 0 aliphatic heterocycles. The first-order valence-corrected chi connectivity index (χ1v) is 5.27. The topological polar surface area (TPSA) is 32.3 Å². The second-order valence-electron chi connectivity index (χ2n) is 3.26. The summed E-state index contributed by atoms with van der Waals surface area (Å²) in [5.41, 5.74) is 1.14. The van der Waals surface area contributed by atoms with Gasteiger partial charge in [0.2, 0.25) is 0 Å². The fourth-order valence-corrected chi connectivity index (χ4v) is 2.27. The average molecular weight is 183 g/mol. The van der Waals surface area contributed by atoms with Crippen LogP contribution in [0.2, 0.25) is 0 Å². The number of aliphatic hydroxyl groups is 1. The standard InChI is InChI=1S/C9H13NOS/c11-9-3-1-2-8(9)10-7-4-5-12-6-7/h4-6,8-11H,1-3H2/t8-,9-/m0/s1. The summed E-state index contributed by atoms with van der Waals surface area (Å²) >= 11 is 1.68. The number of rotatable bonds is 2. The third kappa shape index (κ3) is 1.62. The molecular formula is C9H13NOS. The Bertz CT molecular complexity index is 235. The molecule has 0 aromatic carbocycles. The van der Waals surface area contributed by atoms with E-state index < -0.39 is 0 Å². The van der Waals surface area contributed by atoms with Gasteiger partial charge < -0.3 is 10.4 Å². The van der Waals surface area contributed by atoms with Crippen LogP contribution in [-0.2, 0) is 0 Å². The van der Waals surface area contributed by atoms with Gasteiger partial charge in [-0.2, -0.15) is 11.3 Å². The van der Waals surface area contributed by atoms with Crippen molar-refractivity contribution < 1.29 is 5.11 Å². The first kappa shape index (κ1) is 8.08. The highest BCUT2D eigenvalue weighted by atomic mass is 32.1. The largest absolute Gasteiger partial charge is 0.391 e. The van der Waals surface area contributed by atoms with E-state index in [-0.39, 0.29) is 12.1 Å². The molecule has 0 amide bonds. The van der Waals surface area contributed by atoms with Crippen LogP contribution in [-0.4, -0.2) is 17.3 Å². The number of hydrogen-bond donors (Lipinski definition) is 2. The fraction of sp³-hybridized carbons (Fsp3) is 0.556. The normalized spacial score (nSPS) is 29.1. The Balaban J connectivity index is 1.95. The molecule has 0 saturated heterocycles. The van der Waals surface area contributed by atoms with Gasteiger partial charge in [0.15, 0.2) is 0 Å². The van der Waals surface area contributed by atoms with Gasteiger partial charge in [-0.25, -0.2) is 0 Å². The average Bonchev–Trinajstić information content (AvgIpc) is 2.65. The van der Waals surface area contributed by atoms with Crippen molar-refractivity contribution in [2.75, 3.05) is 5.32 Å². The molecule has 2 rings (SSSR count). The molecular weight excluding hydrogens is 170 g/mol. The summed E-state index contributed by atoms with van der Waals surface area (Å²) in [7, 11) is 0.